The van der Waals surface area contributed by atoms with Gasteiger partial charge in [-0.3, -0.25) is 9.59 Å². The van der Waals surface area contributed by atoms with Crippen LogP contribution in [0.4, 0.5) is 5.69 Å². The minimum Gasteiger partial charge on any atom is -0.494 e. The first kappa shape index (κ1) is 19.7. The summed E-state index contributed by atoms with van der Waals surface area (Å²) >= 11 is 0. The average Bonchev–Trinajstić information content (AvgIpc) is 3.39. The van der Waals surface area contributed by atoms with Gasteiger partial charge in [-0.1, -0.05) is 12.8 Å². The summed E-state index contributed by atoms with van der Waals surface area (Å²) in [5.41, 5.74) is 2.54. The van der Waals surface area contributed by atoms with E-state index in [1.807, 2.05) is 24.3 Å². The van der Waals surface area contributed by atoms with Crippen molar-refractivity contribution >= 4 is 17.4 Å². The summed E-state index contributed by atoms with van der Waals surface area (Å²) < 4.78 is 5.79. The van der Waals surface area contributed by atoms with Crippen LogP contribution in [0.25, 0.3) is 0 Å². The van der Waals surface area contributed by atoms with E-state index in [4.69, 9.17) is 4.74 Å². The molecular weight excluding hydrogens is 366 g/mol. The van der Waals surface area contributed by atoms with Crippen molar-refractivity contribution in [1.29, 1.82) is 0 Å². The molecule has 1 heterocycles. The van der Waals surface area contributed by atoms with E-state index in [0.717, 1.165) is 37.3 Å². The molecule has 0 aliphatic heterocycles. The molecule has 2 aliphatic rings. The van der Waals surface area contributed by atoms with Gasteiger partial charge in [-0.05, 0) is 62.9 Å². The smallest absolute Gasteiger partial charge is 0.257 e. The van der Waals surface area contributed by atoms with Crippen LogP contribution in [0.5, 0.6) is 5.75 Å². The van der Waals surface area contributed by atoms with E-state index in [9.17, 15) is 9.59 Å². The number of carbonyl (C=O) groups excluding carboxylic acids is 2. The van der Waals surface area contributed by atoms with Crippen LogP contribution in [0.2, 0.25) is 0 Å². The highest BCUT2D eigenvalue weighted by molar-refractivity contribution is 6.13. The van der Waals surface area contributed by atoms with Crippen LogP contribution in [-0.4, -0.2) is 35.9 Å². The molecule has 1 fully saturated rings. The van der Waals surface area contributed by atoms with Crippen LogP contribution in [0.3, 0.4) is 0 Å². The van der Waals surface area contributed by atoms with Crippen LogP contribution in [0.1, 0.15) is 71.4 Å². The lowest BCUT2D eigenvalue weighted by Crippen LogP contribution is -2.27. The SMILES string of the molecule is O=C(Nc1ccc(OCCCNC2CCCC2)cc1)c1c[nH]c2c1C(=O)CCC2. The number of carbonyl (C=O) groups is 2. The Balaban J connectivity index is 1.24. The van der Waals surface area contributed by atoms with Gasteiger partial charge in [-0.25, -0.2) is 0 Å². The molecule has 0 saturated heterocycles. The van der Waals surface area contributed by atoms with Crippen molar-refractivity contribution in [3.05, 3.63) is 47.3 Å². The van der Waals surface area contributed by atoms with Crippen molar-refractivity contribution < 1.29 is 14.3 Å². The fourth-order valence-corrected chi connectivity index (χ4v) is 4.24. The van der Waals surface area contributed by atoms with Gasteiger partial charge in [-0.15, -0.1) is 0 Å². The molecular formula is C23H29N3O3. The number of amides is 1. The Kier molecular flexibility index (Phi) is 6.30. The molecule has 0 spiro atoms. The highest BCUT2D eigenvalue weighted by Crippen LogP contribution is 2.25. The second kappa shape index (κ2) is 9.27. The molecule has 2 aliphatic carbocycles. The minimum absolute atomic E-state index is 0.0452. The molecule has 3 N–H and O–H groups in total. The number of aromatic amines is 1. The molecule has 6 nitrogen and oxygen atoms in total. The number of fused-ring (bicyclic) bond motifs is 1. The van der Waals surface area contributed by atoms with E-state index in [0.29, 0.717) is 35.9 Å². The third kappa shape index (κ3) is 4.88. The van der Waals surface area contributed by atoms with E-state index in [1.54, 1.807) is 6.20 Å². The van der Waals surface area contributed by atoms with E-state index in [2.05, 4.69) is 15.6 Å². The first-order chi connectivity index (χ1) is 14.2. The Morgan fingerprint density at radius 2 is 1.90 bits per heavy atom. The Labute approximate surface area is 171 Å². The zero-order valence-corrected chi connectivity index (χ0v) is 16.8. The molecule has 1 aromatic heterocycles. The van der Waals surface area contributed by atoms with Crippen molar-refractivity contribution in [3.8, 4) is 5.75 Å². The third-order valence-electron chi connectivity index (χ3n) is 5.81. The summed E-state index contributed by atoms with van der Waals surface area (Å²) in [6.07, 6.45) is 10.1. The molecule has 0 unspecified atom stereocenters. The highest BCUT2D eigenvalue weighted by atomic mass is 16.5. The van der Waals surface area contributed by atoms with Gasteiger partial charge in [0.1, 0.15) is 5.75 Å². The maximum absolute atomic E-state index is 12.6. The number of ether oxygens (including phenoxy) is 1. The van der Waals surface area contributed by atoms with Gasteiger partial charge in [0.25, 0.3) is 5.91 Å². The van der Waals surface area contributed by atoms with Gasteiger partial charge in [0, 0.05) is 30.0 Å². The normalized spacial score (nSPS) is 16.6. The number of benzene rings is 1. The second-order valence-electron chi connectivity index (χ2n) is 7.95. The maximum atomic E-state index is 12.6. The predicted octanol–water partition coefficient (Wildman–Crippen LogP) is 4.09. The summed E-state index contributed by atoms with van der Waals surface area (Å²) in [7, 11) is 0. The summed E-state index contributed by atoms with van der Waals surface area (Å²) in [4.78, 5) is 27.9. The molecule has 6 heteroatoms. The van der Waals surface area contributed by atoms with E-state index in [-0.39, 0.29) is 11.7 Å². The molecule has 0 atom stereocenters. The lowest BCUT2D eigenvalue weighted by atomic mass is 9.93. The van der Waals surface area contributed by atoms with Crippen molar-refractivity contribution in [2.75, 3.05) is 18.5 Å². The van der Waals surface area contributed by atoms with Gasteiger partial charge in [0.2, 0.25) is 0 Å². The molecule has 1 aromatic carbocycles. The van der Waals surface area contributed by atoms with E-state index in [1.165, 1.54) is 25.7 Å². The monoisotopic (exact) mass is 395 g/mol. The fraction of sp³-hybridized carbons (Fsp3) is 0.478. The predicted molar refractivity (Wildman–Crippen MR) is 113 cm³/mol. The number of aryl methyl sites for hydroxylation is 1. The zero-order valence-electron chi connectivity index (χ0n) is 16.8. The van der Waals surface area contributed by atoms with Crippen molar-refractivity contribution in [2.45, 2.75) is 57.4 Å². The summed E-state index contributed by atoms with van der Waals surface area (Å²) in [6, 6.07) is 8.06. The molecule has 1 amide bonds. The van der Waals surface area contributed by atoms with Crippen LogP contribution in [-0.2, 0) is 6.42 Å². The first-order valence-corrected chi connectivity index (χ1v) is 10.7. The number of Topliss-reactive ketones (excluding diaryl/α,β-unsaturated/α-hetero) is 1. The molecule has 2 aromatic rings. The average molecular weight is 396 g/mol. The zero-order chi connectivity index (χ0) is 20.1. The number of rotatable bonds is 8. The Morgan fingerprint density at radius 1 is 1.10 bits per heavy atom. The Bertz CT molecular complexity index is 851. The molecule has 29 heavy (non-hydrogen) atoms. The lowest BCUT2D eigenvalue weighted by molar-refractivity contribution is 0.0956. The molecule has 154 valence electrons. The van der Waals surface area contributed by atoms with Crippen LogP contribution in [0.15, 0.2) is 30.5 Å². The van der Waals surface area contributed by atoms with Gasteiger partial charge >= 0.3 is 0 Å². The molecule has 0 bridgehead atoms. The van der Waals surface area contributed by atoms with E-state index < -0.39 is 0 Å². The number of hydrogen-bond donors (Lipinski definition) is 3. The van der Waals surface area contributed by atoms with E-state index >= 15 is 0 Å². The Morgan fingerprint density at radius 3 is 2.69 bits per heavy atom. The number of anilines is 1. The van der Waals surface area contributed by atoms with Gasteiger partial charge in [0.15, 0.2) is 5.78 Å². The molecule has 0 radical (unpaired) electrons. The van der Waals surface area contributed by atoms with Gasteiger partial charge in [0.05, 0.1) is 17.7 Å². The Hall–Kier alpha value is -2.60. The number of nitrogens with one attached hydrogen (secondary N) is 3. The lowest BCUT2D eigenvalue weighted by Gasteiger charge is -2.13. The summed E-state index contributed by atoms with van der Waals surface area (Å²) in [5, 5.41) is 6.46. The molecule has 4 rings (SSSR count). The quantitative estimate of drug-likeness (QED) is 0.588. The van der Waals surface area contributed by atoms with Gasteiger partial charge in [-0.2, -0.15) is 0 Å². The number of H-pyrrole nitrogens is 1. The van der Waals surface area contributed by atoms with Crippen molar-refractivity contribution in [1.82, 2.24) is 10.3 Å². The topological polar surface area (TPSA) is 83.2 Å². The third-order valence-corrected chi connectivity index (χ3v) is 5.81. The second-order valence-corrected chi connectivity index (χ2v) is 7.95. The molecule has 1 saturated carbocycles. The number of ketones is 1. The first-order valence-electron chi connectivity index (χ1n) is 10.7. The fourth-order valence-electron chi connectivity index (χ4n) is 4.24. The maximum Gasteiger partial charge on any atom is 0.257 e. The number of hydrogen-bond acceptors (Lipinski definition) is 4. The van der Waals surface area contributed by atoms with Crippen molar-refractivity contribution in [2.24, 2.45) is 0 Å². The standard InChI is InChI=1S/C23H29N3O3/c27-21-8-3-7-20-22(21)19(15-25-20)23(28)26-17-9-11-18(12-10-17)29-14-4-13-24-16-5-1-2-6-16/h9-12,15-16,24-25H,1-8,13-14H2,(H,26,28). The number of aromatic nitrogens is 1. The van der Waals surface area contributed by atoms with Crippen LogP contribution >= 0.6 is 0 Å². The largest absolute Gasteiger partial charge is 0.494 e. The summed E-state index contributed by atoms with van der Waals surface area (Å²) in [6.45, 7) is 1.65. The van der Waals surface area contributed by atoms with Crippen molar-refractivity contribution in [3.63, 3.8) is 0 Å². The summed E-state index contributed by atoms with van der Waals surface area (Å²) in [5.74, 6) is 0.575. The highest BCUT2D eigenvalue weighted by Gasteiger charge is 2.25. The van der Waals surface area contributed by atoms with Gasteiger partial charge < -0.3 is 20.4 Å². The van der Waals surface area contributed by atoms with Crippen LogP contribution < -0.4 is 15.4 Å². The van der Waals surface area contributed by atoms with Crippen LogP contribution in [0, 0.1) is 0 Å². The minimum atomic E-state index is -0.260.